The molecule has 0 aliphatic carbocycles. The summed E-state index contributed by atoms with van der Waals surface area (Å²) in [5.41, 5.74) is 2.33. The van der Waals surface area contributed by atoms with E-state index in [1.807, 2.05) is 55.5 Å². The number of fused-ring (bicyclic) bond motifs is 1. The molecule has 0 saturated heterocycles. The number of benzene rings is 2. The minimum Gasteiger partial charge on any atom is -0.494 e. The van der Waals surface area contributed by atoms with Crippen LogP contribution in [-0.2, 0) is 13.1 Å². The molecule has 0 aliphatic rings. The summed E-state index contributed by atoms with van der Waals surface area (Å²) >= 11 is 5.90. The maximum absolute atomic E-state index is 12.4. The van der Waals surface area contributed by atoms with Crippen molar-refractivity contribution < 1.29 is 4.74 Å². The van der Waals surface area contributed by atoms with E-state index >= 15 is 0 Å². The van der Waals surface area contributed by atoms with Crippen LogP contribution in [0.5, 0.6) is 5.75 Å². The number of hydrogen-bond donors (Lipinski definition) is 3. The minimum atomic E-state index is -0.226. The topological polar surface area (TPSA) is 96.3 Å². The van der Waals surface area contributed by atoms with Crippen molar-refractivity contribution in [2.24, 2.45) is 0 Å². The van der Waals surface area contributed by atoms with Crippen LogP contribution >= 0.6 is 11.6 Å². The molecule has 30 heavy (non-hydrogen) atoms. The number of nitrogens with one attached hydrogen (secondary N) is 3. The fourth-order valence-corrected chi connectivity index (χ4v) is 3.04. The van der Waals surface area contributed by atoms with Crippen molar-refractivity contribution in [1.82, 2.24) is 19.6 Å². The Bertz CT molecular complexity index is 1190. The number of hydrogen-bond acceptors (Lipinski definition) is 6. The first kappa shape index (κ1) is 19.8. The van der Waals surface area contributed by atoms with Gasteiger partial charge in [0.15, 0.2) is 0 Å². The van der Waals surface area contributed by atoms with Gasteiger partial charge in [0.05, 0.1) is 18.8 Å². The molecule has 0 atom stereocenters. The minimum absolute atomic E-state index is 0.226. The molecule has 0 unspecified atom stereocenters. The second-order valence-corrected chi connectivity index (χ2v) is 7.02. The van der Waals surface area contributed by atoms with E-state index in [0.717, 1.165) is 17.0 Å². The van der Waals surface area contributed by atoms with Crippen LogP contribution < -0.4 is 20.9 Å². The average Bonchev–Trinajstić information content (AvgIpc) is 3.17. The third kappa shape index (κ3) is 4.72. The molecule has 4 aromatic rings. The lowest BCUT2D eigenvalue weighted by atomic mass is 10.2. The van der Waals surface area contributed by atoms with E-state index in [1.165, 1.54) is 10.6 Å². The van der Waals surface area contributed by atoms with E-state index in [0.29, 0.717) is 42.1 Å². The average molecular weight is 425 g/mol. The summed E-state index contributed by atoms with van der Waals surface area (Å²) in [4.78, 5) is 21.2. The SMILES string of the molecule is CCOc1ccc(NCc2cc(=O)n3[nH]c(NCc4ccc(Cl)cc4)nc3n2)cc1. The van der Waals surface area contributed by atoms with Crippen LogP contribution in [0.4, 0.5) is 11.6 Å². The lowest BCUT2D eigenvalue weighted by Gasteiger charge is -2.07. The van der Waals surface area contributed by atoms with E-state index in [-0.39, 0.29) is 5.56 Å². The van der Waals surface area contributed by atoms with Crippen molar-refractivity contribution in [2.75, 3.05) is 17.2 Å². The summed E-state index contributed by atoms with van der Waals surface area (Å²) in [6.07, 6.45) is 0. The van der Waals surface area contributed by atoms with Gasteiger partial charge in [0, 0.05) is 23.3 Å². The molecule has 0 amide bonds. The maximum Gasteiger partial charge on any atom is 0.274 e. The first-order chi connectivity index (χ1) is 14.6. The van der Waals surface area contributed by atoms with Gasteiger partial charge in [-0.25, -0.2) is 4.98 Å². The Balaban J connectivity index is 1.43. The molecular weight excluding hydrogens is 404 g/mol. The standard InChI is InChI=1S/C21H21ClN6O2/c1-2-30-18-9-7-16(8-10-18)23-13-17-11-19(29)28-21(25-17)26-20(27-28)24-12-14-3-5-15(22)6-4-14/h3-11,23H,2,12-13H2,1H3,(H2,24,25,26,27). The molecule has 2 aromatic carbocycles. The van der Waals surface area contributed by atoms with Crippen molar-refractivity contribution >= 4 is 29.0 Å². The van der Waals surface area contributed by atoms with Crippen molar-refractivity contribution in [3.05, 3.63) is 81.2 Å². The van der Waals surface area contributed by atoms with Crippen LogP contribution in [0.25, 0.3) is 5.78 Å². The second kappa shape index (κ2) is 8.87. The lowest BCUT2D eigenvalue weighted by molar-refractivity contribution is 0.340. The Hall–Kier alpha value is -3.52. The van der Waals surface area contributed by atoms with Gasteiger partial charge in [0.25, 0.3) is 11.3 Å². The van der Waals surface area contributed by atoms with Crippen LogP contribution in [0, 0.1) is 0 Å². The maximum atomic E-state index is 12.4. The zero-order chi connectivity index (χ0) is 20.9. The number of halogens is 1. The Morgan fingerprint density at radius 3 is 2.53 bits per heavy atom. The van der Waals surface area contributed by atoms with Crippen molar-refractivity contribution in [2.45, 2.75) is 20.0 Å². The number of anilines is 2. The number of nitrogens with zero attached hydrogens (tertiary/aromatic N) is 3. The first-order valence-electron chi connectivity index (χ1n) is 9.54. The highest BCUT2D eigenvalue weighted by Crippen LogP contribution is 2.16. The summed E-state index contributed by atoms with van der Waals surface area (Å²) < 4.78 is 6.75. The number of rotatable bonds is 8. The highest BCUT2D eigenvalue weighted by Gasteiger charge is 2.08. The van der Waals surface area contributed by atoms with E-state index < -0.39 is 0 Å². The van der Waals surface area contributed by atoms with E-state index in [1.54, 1.807) is 0 Å². The van der Waals surface area contributed by atoms with Gasteiger partial charge in [-0.05, 0) is 48.9 Å². The van der Waals surface area contributed by atoms with Crippen LogP contribution in [0.1, 0.15) is 18.2 Å². The molecule has 0 aliphatic heterocycles. The fourth-order valence-electron chi connectivity index (χ4n) is 2.91. The molecule has 0 spiro atoms. The predicted octanol–water partition coefficient (Wildman–Crippen LogP) is 3.69. The van der Waals surface area contributed by atoms with Gasteiger partial charge in [-0.2, -0.15) is 9.50 Å². The third-order valence-electron chi connectivity index (χ3n) is 4.40. The summed E-state index contributed by atoms with van der Waals surface area (Å²) in [6.45, 7) is 3.51. The predicted molar refractivity (Wildman–Crippen MR) is 117 cm³/mol. The Kier molecular flexibility index (Phi) is 5.85. The Morgan fingerprint density at radius 1 is 1.03 bits per heavy atom. The third-order valence-corrected chi connectivity index (χ3v) is 4.65. The summed E-state index contributed by atoms with van der Waals surface area (Å²) in [6, 6.07) is 16.6. The number of aromatic nitrogens is 4. The summed E-state index contributed by atoms with van der Waals surface area (Å²) in [7, 11) is 0. The molecule has 3 N–H and O–H groups in total. The molecule has 2 heterocycles. The van der Waals surface area contributed by atoms with E-state index in [4.69, 9.17) is 16.3 Å². The van der Waals surface area contributed by atoms with Crippen molar-refractivity contribution in [3.8, 4) is 5.75 Å². The van der Waals surface area contributed by atoms with Crippen molar-refractivity contribution in [1.29, 1.82) is 0 Å². The van der Waals surface area contributed by atoms with Gasteiger partial charge in [-0.3, -0.25) is 9.89 Å². The van der Waals surface area contributed by atoms with E-state index in [2.05, 4.69) is 25.7 Å². The van der Waals surface area contributed by atoms with Crippen LogP contribution in [0.15, 0.2) is 59.4 Å². The molecular formula is C21H21ClN6O2. The highest BCUT2D eigenvalue weighted by molar-refractivity contribution is 6.30. The number of H-pyrrole nitrogens is 1. The molecule has 154 valence electrons. The molecule has 8 nitrogen and oxygen atoms in total. The van der Waals surface area contributed by atoms with Gasteiger partial charge >= 0.3 is 0 Å². The molecule has 0 fully saturated rings. The Morgan fingerprint density at radius 2 is 1.80 bits per heavy atom. The molecule has 0 radical (unpaired) electrons. The number of ether oxygens (including phenoxy) is 1. The normalized spacial score (nSPS) is 10.9. The van der Waals surface area contributed by atoms with Crippen LogP contribution in [0.2, 0.25) is 5.02 Å². The lowest BCUT2D eigenvalue weighted by Crippen LogP contribution is -2.17. The Labute approximate surface area is 177 Å². The molecule has 9 heteroatoms. The van der Waals surface area contributed by atoms with Crippen LogP contribution in [0.3, 0.4) is 0 Å². The summed E-state index contributed by atoms with van der Waals surface area (Å²) in [5, 5.41) is 10.0. The van der Waals surface area contributed by atoms with Gasteiger partial charge < -0.3 is 15.4 Å². The molecule has 4 rings (SSSR count). The van der Waals surface area contributed by atoms with Crippen LogP contribution in [-0.4, -0.2) is 26.2 Å². The monoisotopic (exact) mass is 424 g/mol. The fraction of sp³-hybridized carbons (Fsp3) is 0.190. The summed E-state index contributed by atoms with van der Waals surface area (Å²) in [5.74, 6) is 1.59. The van der Waals surface area contributed by atoms with Gasteiger partial charge in [-0.15, -0.1) is 0 Å². The quantitative estimate of drug-likeness (QED) is 0.399. The second-order valence-electron chi connectivity index (χ2n) is 6.58. The van der Waals surface area contributed by atoms with Crippen molar-refractivity contribution in [3.63, 3.8) is 0 Å². The van der Waals surface area contributed by atoms with E-state index in [9.17, 15) is 4.79 Å². The zero-order valence-electron chi connectivity index (χ0n) is 16.4. The highest BCUT2D eigenvalue weighted by atomic mass is 35.5. The largest absolute Gasteiger partial charge is 0.494 e. The number of aromatic amines is 1. The molecule has 2 aromatic heterocycles. The van der Waals surface area contributed by atoms with Gasteiger partial charge in [0.1, 0.15) is 5.75 Å². The molecule has 0 saturated carbocycles. The van der Waals surface area contributed by atoms with Gasteiger partial charge in [0.2, 0.25) is 5.95 Å². The zero-order valence-corrected chi connectivity index (χ0v) is 17.1. The molecule has 0 bridgehead atoms. The van der Waals surface area contributed by atoms with Gasteiger partial charge in [-0.1, -0.05) is 23.7 Å². The smallest absolute Gasteiger partial charge is 0.274 e. The first-order valence-corrected chi connectivity index (χ1v) is 9.92.